The van der Waals surface area contributed by atoms with Gasteiger partial charge in [-0.05, 0) is 82.5 Å². The number of rotatable bonds is 8. The highest BCUT2D eigenvalue weighted by atomic mass is 79.9. The van der Waals surface area contributed by atoms with Crippen molar-refractivity contribution in [3.05, 3.63) is 81.4 Å². The van der Waals surface area contributed by atoms with Crippen LogP contribution >= 0.6 is 43.2 Å². The molecule has 0 radical (unpaired) electrons. The summed E-state index contributed by atoms with van der Waals surface area (Å²) < 4.78 is 25.8. The molecule has 1 aliphatic rings. The zero-order valence-corrected chi connectivity index (χ0v) is 25.5. The van der Waals surface area contributed by atoms with E-state index < -0.39 is 12.0 Å². The first-order valence-corrected chi connectivity index (χ1v) is 14.2. The fourth-order valence-electron chi connectivity index (χ4n) is 4.30. The zero-order chi connectivity index (χ0) is 27.6. The van der Waals surface area contributed by atoms with Gasteiger partial charge in [0.1, 0.15) is 11.8 Å². The Hall–Kier alpha value is -2.89. The number of carbonyl (C=O) groups excluding carboxylic acids is 1. The predicted molar refractivity (Wildman–Crippen MR) is 153 cm³/mol. The fourth-order valence-corrected chi connectivity index (χ4v) is 6.89. The molecule has 0 amide bonds. The number of thiazole rings is 1. The van der Waals surface area contributed by atoms with Crippen molar-refractivity contribution in [2.75, 3.05) is 27.4 Å². The summed E-state index contributed by atoms with van der Waals surface area (Å²) in [6.45, 7) is 5.90. The highest BCUT2D eigenvalue weighted by Crippen LogP contribution is 2.41. The van der Waals surface area contributed by atoms with Crippen LogP contribution in [0.3, 0.4) is 0 Å². The Morgan fingerprint density at radius 1 is 1.11 bits per heavy atom. The van der Waals surface area contributed by atoms with Crippen molar-refractivity contribution >= 4 is 55.2 Å². The molecule has 4 rings (SSSR count). The summed E-state index contributed by atoms with van der Waals surface area (Å²) in [5.41, 5.74) is 1.84. The summed E-state index contributed by atoms with van der Waals surface area (Å²) in [4.78, 5) is 32.3. The first kappa shape index (κ1) is 28.1. The molecule has 0 unspecified atom stereocenters. The third kappa shape index (κ3) is 5.19. The third-order valence-electron chi connectivity index (χ3n) is 5.85. The molecule has 2 heterocycles. The lowest BCUT2D eigenvalue weighted by molar-refractivity contribution is -0.139. The first-order chi connectivity index (χ1) is 18.2. The highest BCUT2D eigenvalue weighted by Gasteiger charge is 2.36. The number of halogens is 2. The Balaban J connectivity index is 2.01. The van der Waals surface area contributed by atoms with Gasteiger partial charge in [-0.2, -0.15) is 0 Å². The number of allylic oxidation sites excluding steroid dienone is 1. The van der Waals surface area contributed by atoms with Gasteiger partial charge in [0, 0.05) is 5.56 Å². The van der Waals surface area contributed by atoms with E-state index in [1.54, 1.807) is 46.3 Å². The Labute approximate surface area is 240 Å². The highest BCUT2D eigenvalue weighted by molar-refractivity contribution is 9.11. The lowest BCUT2D eigenvalue weighted by atomic mass is 9.94. The minimum absolute atomic E-state index is 0.185. The summed E-state index contributed by atoms with van der Waals surface area (Å²) in [6.07, 6.45) is 1.79. The lowest BCUT2D eigenvalue weighted by Gasteiger charge is -2.26. The second kappa shape index (κ2) is 11.9. The molecule has 0 saturated carbocycles. The number of aromatic nitrogens is 1. The number of fused-ring (bicyclic) bond motifs is 1. The Morgan fingerprint density at radius 3 is 2.42 bits per heavy atom. The van der Waals surface area contributed by atoms with Gasteiger partial charge in [-0.25, -0.2) is 9.79 Å². The standard InChI is InChI=1S/C27H26Br2N2O6S/c1-6-36-23-16(9-8-10-19(23)34-4)22-21(26(33)37-7-2)14(3)30-27-31(22)25(32)20(38-27)13-15-11-17(28)24(35-5)18(29)12-15/h8-13,22H,6-7H2,1-5H3/b20-13+/t22-/m1/s1. The molecule has 1 aromatic heterocycles. The molecule has 0 bridgehead atoms. The van der Waals surface area contributed by atoms with Crippen LogP contribution in [-0.4, -0.2) is 38.0 Å². The number of para-hydroxylation sites is 1. The minimum atomic E-state index is -0.821. The van der Waals surface area contributed by atoms with E-state index in [0.717, 1.165) is 14.5 Å². The average Bonchev–Trinajstić information content (AvgIpc) is 3.17. The van der Waals surface area contributed by atoms with Crippen molar-refractivity contribution in [3.8, 4) is 17.2 Å². The minimum Gasteiger partial charge on any atom is -0.494 e. The molecule has 1 atom stereocenters. The molecule has 0 fully saturated rings. The molecule has 8 nitrogen and oxygen atoms in total. The maximum atomic E-state index is 13.9. The molecule has 0 spiro atoms. The van der Waals surface area contributed by atoms with Crippen molar-refractivity contribution in [3.63, 3.8) is 0 Å². The van der Waals surface area contributed by atoms with Crippen LogP contribution in [0, 0.1) is 0 Å². The molecular formula is C27H26Br2N2O6S. The molecule has 2 aromatic carbocycles. The van der Waals surface area contributed by atoms with E-state index in [1.165, 1.54) is 15.9 Å². The molecule has 0 saturated heterocycles. The molecule has 0 N–H and O–H groups in total. The van der Waals surface area contributed by atoms with Gasteiger partial charge in [0.25, 0.3) is 5.56 Å². The van der Waals surface area contributed by atoms with E-state index in [0.29, 0.717) is 44.4 Å². The predicted octanol–water partition coefficient (Wildman–Crippen LogP) is 4.74. The molecule has 200 valence electrons. The van der Waals surface area contributed by atoms with Crippen LogP contribution in [-0.2, 0) is 9.53 Å². The third-order valence-corrected chi connectivity index (χ3v) is 8.01. The van der Waals surface area contributed by atoms with Crippen LogP contribution < -0.4 is 29.1 Å². The van der Waals surface area contributed by atoms with Gasteiger partial charge in [-0.3, -0.25) is 9.36 Å². The van der Waals surface area contributed by atoms with Crippen molar-refractivity contribution in [2.24, 2.45) is 4.99 Å². The summed E-state index contributed by atoms with van der Waals surface area (Å²) in [5.74, 6) is 1.06. The SMILES string of the molecule is CCOC(=O)C1=C(C)N=c2s/c(=C/c3cc(Br)c(OC)c(Br)c3)c(=O)n2[C@@H]1c1cccc(OC)c1OCC. The largest absolute Gasteiger partial charge is 0.494 e. The second-order valence-corrected chi connectivity index (χ2v) is 10.8. The maximum Gasteiger partial charge on any atom is 0.338 e. The topological polar surface area (TPSA) is 88.4 Å². The number of ether oxygens (including phenoxy) is 4. The number of carbonyl (C=O) groups is 1. The number of hydrogen-bond acceptors (Lipinski definition) is 8. The normalized spacial score (nSPS) is 15.1. The Bertz CT molecular complexity index is 1590. The van der Waals surface area contributed by atoms with Crippen LogP contribution in [0.1, 0.15) is 37.9 Å². The number of hydrogen-bond donors (Lipinski definition) is 0. The van der Waals surface area contributed by atoms with E-state index in [9.17, 15) is 9.59 Å². The summed E-state index contributed by atoms with van der Waals surface area (Å²) in [5, 5.41) is 0. The van der Waals surface area contributed by atoms with Gasteiger partial charge in [0.15, 0.2) is 16.3 Å². The number of benzene rings is 2. The second-order valence-electron chi connectivity index (χ2n) is 8.13. The molecular weight excluding hydrogens is 640 g/mol. The molecule has 3 aromatic rings. The maximum absolute atomic E-state index is 13.9. The van der Waals surface area contributed by atoms with E-state index in [1.807, 2.05) is 25.1 Å². The van der Waals surface area contributed by atoms with Crippen LogP contribution in [0.25, 0.3) is 6.08 Å². The smallest absolute Gasteiger partial charge is 0.338 e. The Kier molecular flexibility index (Phi) is 8.79. The number of nitrogens with zero attached hydrogens (tertiary/aromatic N) is 2. The monoisotopic (exact) mass is 664 g/mol. The molecule has 38 heavy (non-hydrogen) atoms. The molecule has 1 aliphatic heterocycles. The van der Waals surface area contributed by atoms with Crippen LogP contribution in [0.15, 0.2) is 60.3 Å². The zero-order valence-electron chi connectivity index (χ0n) is 21.5. The van der Waals surface area contributed by atoms with Gasteiger partial charge in [-0.1, -0.05) is 23.5 Å². The van der Waals surface area contributed by atoms with E-state index in [-0.39, 0.29) is 17.7 Å². The first-order valence-electron chi connectivity index (χ1n) is 11.8. The quantitative estimate of drug-likeness (QED) is 0.323. The summed E-state index contributed by atoms with van der Waals surface area (Å²) >= 11 is 8.27. The van der Waals surface area contributed by atoms with Crippen LogP contribution in [0.5, 0.6) is 17.2 Å². The summed E-state index contributed by atoms with van der Waals surface area (Å²) in [6, 6.07) is 8.31. The molecule has 0 aliphatic carbocycles. The van der Waals surface area contributed by atoms with Crippen molar-refractivity contribution in [1.82, 2.24) is 4.57 Å². The molecule has 11 heteroatoms. The van der Waals surface area contributed by atoms with Crippen molar-refractivity contribution < 1.29 is 23.7 Å². The summed E-state index contributed by atoms with van der Waals surface area (Å²) in [7, 11) is 3.13. The van der Waals surface area contributed by atoms with Gasteiger partial charge < -0.3 is 18.9 Å². The van der Waals surface area contributed by atoms with Crippen molar-refractivity contribution in [1.29, 1.82) is 0 Å². The van der Waals surface area contributed by atoms with E-state index in [2.05, 4.69) is 36.9 Å². The van der Waals surface area contributed by atoms with Gasteiger partial charge in [0.05, 0.1) is 52.2 Å². The van der Waals surface area contributed by atoms with Gasteiger partial charge in [-0.15, -0.1) is 0 Å². The Morgan fingerprint density at radius 2 is 1.82 bits per heavy atom. The van der Waals surface area contributed by atoms with E-state index >= 15 is 0 Å². The van der Waals surface area contributed by atoms with E-state index in [4.69, 9.17) is 18.9 Å². The van der Waals surface area contributed by atoms with Crippen LogP contribution in [0.4, 0.5) is 0 Å². The average molecular weight is 666 g/mol. The lowest BCUT2D eigenvalue weighted by Crippen LogP contribution is -2.40. The van der Waals surface area contributed by atoms with Crippen LogP contribution in [0.2, 0.25) is 0 Å². The number of methoxy groups -OCH3 is 2. The van der Waals surface area contributed by atoms with Gasteiger partial charge in [0.2, 0.25) is 0 Å². The van der Waals surface area contributed by atoms with Crippen molar-refractivity contribution in [2.45, 2.75) is 26.8 Å². The number of esters is 1. The van der Waals surface area contributed by atoms with Gasteiger partial charge >= 0.3 is 5.97 Å². The fraction of sp³-hybridized carbons (Fsp3) is 0.296.